The molecule has 0 spiro atoms. The number of fused-ring (bicyclic) bond motifs is 1. The molecular weight excluding hydrogens is 354 g/mol. The minimum absolute atomic E-state index is 0.121. The van der Waals surface area contributed by atoms with E-state index < -0.39 is 5.82 Å². The first kappa shape index (κ1) is 17.5. The molecule has 1 aromatic heterocycles. The molecule has 0 aliphatic carbocycles. The first-order valence-electron chi connectivity index (χ1n) is 8.90. The highest BCUT2D eigenvalue weighted by Crippen LogP contribution is 2.34. The van der Waals surface area contributed by atoms with Crippen molar-refractivity contribution in [2.24, 2.45) is 0 Å². The third-order valence-corrected chi connectivity index (χ3v) is 4.80. The number of urea groups is 1. The van der Waals surface area contributed by atoms with Crippen molar-refractivity contribution in [2.45, 2.75) is 13.0 Å². The van der Waals surface area contributed by atoms with Crippen molar-refractivity contribution in [2.75, 3.05) is 42.5 Å². The molecule has 8 heteroatoms. The highest BCUT2D eigenvalue weighted by atomic mass is 19.1. The Bertz CT molecular complexity index is 838. The molecule has 1 unspecified atom stereocenters. The van der Waals surface area contributed by atoms with Gasteiger partial charge in [0.15, 0.2) is 0 Å². The number of carbonyl (C=O) groups is 1. The molecule has 0 radical (unpaired) electrons. The summed E-state index contributed by atoms with van der Waals surface area (Å²) in [5, 5.41) is 0. The van der Waals surface area contributed by atoms with Gasteiger partial charge in [0.2, 0.25) is 0 Å². The molecule has 3 heterocycles. The summed E-state index contributed by atoms with van der Waals surface area (Å²) >= 11 is 0. The zero-order valence-corrected chi connectivity index (χ0v) is 14.9. The molecule has 0 saturated carbocycles. The van der Waals surface area contributed by atoms with Crippen LogP contribution >= 0.6 is 0 Å². The third kappa shape index (κ3) is 3.51. The summed E-state index contributed by atoms with van der Waals surface area (Å²) in [5.74, 6) is 0.320. The second-order valence-corrected chi connectivity index (χ2v) is 6.74. The van der Waals surface area contributed by atoms with Gasteiger partial charge in [0.05, 0.1) is 18.4 Å². The lowest BCUT2D eigenvalue weighted by Gasteiger charge is -2.40. The maximum Gasteiger partial charge on any atom is 0.324 e. The van der Waals surface area contributed by atoms with Gasteiger partial charge in [-0.05, 0) is 31.2 Å². The summed E-state index contributed by atoms with van der Waals surface area (Å²) in [4.78, 5) is 22.6. The molecular formula is C19H20F2N4O2. The van der Waals surface area contributed by atoms with Gasteiger partial charge in [-0.25, -0.2) is 18.6 Å². The van der Waals surface area contributed by atoms with Crippen LogP contribution in [-0.2, 0) is 0 Å². The molecule has 0 bridgehead atoms. The summed E-state index contributed by atoms with van der Waals surface area (Å²) < 4.78 is 32.2. The average Bonchev–Trinajstić information content (AvgIpc) is 2.67. The zero-order chi connectivity index (χ0) is 19.0. The molecule has 2 amide bonds. The Morgan fingerprint density at radius 2 is 1.85 bits per heavy atom. The molecule has 2 aromatic rings. The number of halogens is 2. The molecule has 2 aliphatic rings. The number of hydrogen-bond acceptors (Lipinski definition) is 4. The van der Waals surface area contributed by atoms with Crippen LogP contribution in [0.3, 0.4) is 0 Å². The van der Waals surface area contributed by atoms with Crippen molar-refractivity contribution in [3.63, 3.8) is 0 Å². The van der Waals surface area contributed by atoms with Crippen LogP contribution in [0.4, 0.5) is 25.1 Å². The van der Waals surface area contributed by atoms with E-state index in [1.807, 2.05) is 11.8 Å². The summed E-state index contributed by atoms with van der Waals surface area (Å²) in [6.07, 6.45) is 0.978. The van der Waals surface area contributed by atoms with E-state index in [2.05, 4.69) is 4.98 Å². The van der Waals surface area contributed by atoms with Crippen molar-refractivity contribution < 1.29 is 18.3 Å². The smallest absolute Gasteiger partial charge is 0.324 e. The minimum Gasteiger partial charge on any atom is -0.487 e. The average molecular weight is 374 g/mol. The summed E-state index contributed by atoms with van der Waals surface area (Å²) in [7, 11) is 0. The van der Waals surface area contributed by atoms with E-state index in [1.165, 1.54) is 24.4 Å². The second-order valence-electron chi connectivity index (χ2n) is 6.74. The van der Waals surface area contributed by atoms with Gasteiger partial charge in [-0.1, -0.05) is 0 Å². The zero-order valence-electron chi connectivity index (χ0n) is 14.9. The van der Waals surface area contributed by atoms with Crippen LogP contribution in [0.15, 0.2) is 36.5 Å². The van der Waals surface area contributed by atoms with Crippen molar-refractivity contribution in [3.8, 4) is 5.75 Å². The van der Waals surface area contributed by atoms with Crippen LogP contribution in [-0.4, -0.2) is 54.7 Å². The van der Waals surface area contributed by atoms with E-state index in [-0.39, 0.29) is 18.0 Å². The van der Waals surface area contributed by atoms with Crippen molar-refractivity contribution in [1.29, 1.82) is 0 Å². The number of aromatic nitrogens is 1. The van der Waals surface area contributed by atoms with Gasteiger partial charge in [-0.3, -0.25) is 4.90 Å². The van der Waals surface area contributed by atoms with Crippen molar-refractivity contribution in [3.05, 3.63) is 48.2 Å². The Kier molecular flexibility index (Phi) is 4.55. The van der Waals surface area contributed by atoms with Crippen LogP contribution < -0.4 is 14.5 Å². The maximum atomic E-state index is 13.5. The maximum absolute atomic E-state index is 13.5. The van der Waals surface area contributed by atoms with E-state index in [0.29, 0.717) is 50.0 Å². The van der Waals surface area contributed by atoms with Crippen LogP contribution in [0.25, 0.3) is 0 Å². The van der Waals surface area contributed by atoms with E-state index in [0.717, 1.165) is 0 Å². The third-order valence-electron chi connectivity index (χ3n) is 4.80. The Morgan fingerprint density at radius 3 is 2.56 bits per heavy atom. The normalized spacial score (nSPS) is 19.5. The number of anilines is 2. The van der Waals surface area contributed by atoms with Gasteiger partial charge in [-0.15, -0.1) is 0 Å². The number of pyridine rings is 1. The highest BCUT2D eigenvalue weighted by molar-refractivity contribution is 5.94. The Balaban J connectivity index is 1.46. The first-order chi connectivity index (χ1) is 13.0. The largest absolute Gasteiger partial charge is 0.487 e. The lowest BCUT2D eigenvalue weighted by Crippen LogP contribution is -2.55. The Hall–Kier alpha value is -2.90. The molecule has 1 aromatic carbocycles. The number of rotatable bonds is 1. The molecule has 1 saturated heterocycles. The van der Waals surface area contributed by atoms with Crippen molar-refractivity contribution >= 4 is 17.5 Å². The summed E-state index contributed by atoms with van der Waals surface area (Å²) in [6.45, 7) is 4.55. The van der Waals surface area contributed by atoms with E-state index in [1.54, 1.807) is 21.9 Å². The van der Waals surface area contributed by atoms with Crippen LogP contribution in [0.2, 0.25) is 0 Å². The number of amides is 2. The Morgan fingerprint density at radius 1 is 1.11 bits per heavy atom. The molecule has 2 aliphatic heterocycles. The number of hydrogen-bond donors (Lipinski definition) is 0. The predicted octanol–water partition coefficient (Wildman–Crippen LogP) is 2.89. The first-order valence-corrected chi connectivity index (χ1v) is 8.90. The van der Waals surface area contributed by atoms with Gasteiger partial charge >= 0.3 is 6.03 Å². The monoisotopic (exact) mass is 374 g/mol. The highest BCUT2D eigenvalue weighted by Gasteiger charge is 2.32. The molecule has 6 nitrogen and oxygen atoms in total. The van der Waals surface area contributed by atoms with E-state index in [9.17, 15) is 13.6 Å². The quantitative estimate of drug-likeness (QED) is 0.770. The minimum atomic E-state index is -0.393. The molecule has 4 rings (SSSR count). The van der Waals surface area contributed by atoms with E-state index >= 15 is 0 Å². The van der Waals surface area contributed by atoms with Crippen LogP contribution in [0, 0.1) is 11.6 Å². The number of ether oxygens (including phenoxy) is 1. The lowest BCUT2D eigenvalue weighted by molar-refractivity contribution is 0.181. The number of benzene rings is 1. The molecule has 1 atom stereocenters. The second kappa shape index (κ2) is 7.02. The van der Waals surface area contributed by atoms with E-state index in [4.69, 9.17) is 4.74 Å². The number of nitrogens with zero attached hydrogens (tertiary/aromatic N) is 4. The standard InChI is InChI=1S/C19H20F2N4O2/c1-13-12-25(16-4-2-14(20)10-17(16)27-13)19(26)24-8-6-23(7-9-24)18-5-3-15(21)11-22-18/h2-5,10-11,13H,6-9,12H2,1H3. The molecule has 1 fully saturated rings. The van der Waals surface area contributed by atoms with Crippen LogP contribution in [0.1, 0.15) is 6.92 Å². The van der Waals surface area contributed by atoms with Gasteiger partial charge in [0, 0.05) is 32.2 Å². The van der Waals surface area contributed by atoms with Crippen molar-refractivity contribution in [1.82, 2.24) is 9.88 Å². The lowest BCUT2D eigenvalue weighted by atomic mass is 10.2. The van der Waals surface area contributed by atoms with Gasteiger partial charge in [0.1, 0.15) is 29.3 Å². The van der Waals surface area contributed by atoms with Gasteiger partial charge in [-0.2, -0.15) is 0 Å². The molecule has 27 heavy (non-hydrogen) atoms. The fourth-order valence-electron chi connectivity index (χ4n) is 3.45. The summed E-state index contributed by atoms with van der Waals surface area (Å²) in [5.41, 5.74) is 0.585. The Labute approximate surface area is 156 Å². The fourth-order valence-corrected chi connectivity index (χ4v) is 3.45. The number of carbonyl (C=O) groups excluding carboxylic acids is 1. The van der Waals surface area contributed by atoms with Gasteiger partial charge < -0.3 is 14.5 Å². The van der Waals surface area contributed by atoms with Gasteiger partial charge in [0.25, 0.3) is 0 Å². The SMILES string of the molecule is CC1CN(C(=O)N2CCN(c3ccc(F)cn3)CC2)c2ccc(F)cc2O1. The molecule has 142 valence electrons. The summed E-state index contributed by atoms with van der Waals surface area (Å²) in [6, 6.07) is 7.11. The fraction of sp³-hybridized carbons (Fsp3) is 0.368. The molecule has 0 N–H and O–H groups in total. The topological polar surface area (TPSA) is 48.9 Å². The predicted molar refractivity (Wildman–Crippen MR) is 97.2 cm³/mol. The number of piperazine rings is 1. The van der Waals surface area contributed by atoms with Crippen LogP contribution in [0.5, 0.6) is 5.75 Å².